The first kappa shape index (κ1) is 18.3. The van der Waals surface area contributed by atoms with E-state index in [9.17, 15) is 4.79 Å². The molecule has 4 fully saturated rings. The predicted molar refractivity (Wildman–Crippen MR) is 101 cm³/mol. The molecule has 3 saturated carbocycles. The Balaban J connectivity index is 0.000000815. The van der Waals surface area contributed by atoms with Gasteiger partial charge in [-0.15, -0.1) is 0 Å². The minimum Gasteiger partial charge on any atom is -0.353 e. The van der Waals surface area contributed by atoms with E-state index in [0.717, 1.165) is 36.5 Å². The largest absolute Gasteiger partial charge is 0.353 e. The second kappa shape index (κ2) is 6.65. The Hall–Kier alpha value is -0.530. The number of amides is 1. The Morgan fingerprint density at radius 3 is 2.38 bits per heavy atom. The van der Waals surface area contributed by atoms with Crippen molar-refractivity contribution in [2.24, 2.45) is 34.5 Å². The first-order valence-corrected chi connectivity index (χ1v) is 10.8. The molecule has 4 aliphatic rings. The van der Waals surface area contributed by atoms with E-state index >= 15 is 0 Å². The van der Waals surface area contributed by atoms with Crippen LogP contribution in [0.25, 0.3) is 0 Å². The van der Waals surface area contributed by atoms with Crippen LogP contribution in [-0.4, -0.2) is 11.9 Å². The zero-order chi connectivity index (χ0) is 17.5. The molecule has 0 aromatic rings. The molecule has 0 bridgehead atoms. The third-order valence-electron chi connectivity index (χ3n) is 8.78. The summed E-state index contributed by atoms with van der Waals surface area (Å²) in [5.74, 6) is 4.03. The smallest absolute Gasteiger partial charge is 0.220 e. The van der Waals surface area contributed by atoms with E-state index < -0.39 is 0 Å². The van der Waals surface area contributed by atoms with Crippen molar-refractivity contribution in [1.82, 2.24) is 5.32 Å². The maximum Gasteiger partial charge on any atom is 0.220 e. The van der Waals surface area contributed by atoms with Crippen LogP contribution in [0.4, 0.5) is 0 Å². The summed E-state index contributed by atoms with van der Waals surface area (Å²) in [6.07, 6.45) is 11.7. The number of carbonyl (C=O) groups is 1. The molecule has 1 aliphatic heterocycles. The fourth-order valence-corrected chi connectivity index (χ4v) is 7.48. The maximum absolute atomic E-state index is 11.8. The molecule has 1 heterocycles. The number of nitrogens with one attached hydrogen (secondary N) is 1. The minimum atomic E-state index is 0.300. The molecule has 3 aliphatic carbocycles. The van der Waals surface area contributed by atoms with Gasteiger partial charge in [0.15, 0.2) is 0 Å². The molecular formula is C22H39NO. The highest BCUT2D eigenvalue weighted by molar-refractivity contribution is 5.77. The Morgan fingerprint density at radius 2 is 1.67 bits per heavy atom. The van der Waals surface area contributed by atoms with Crippen LogP contribution in [-0.2, 0) is 4.79 Å². The van der Waals surface area contributed by atoms with Crippen LogP contribution in [0.15, 0.2) is 0 Å². The summed E-state index contributed by atoms with van der Waals surface area (Å²) in [5, 5.41) is 3.34. The van der Waals surface area contributed by atoms with Gasteiger partial charge in [0.05, 0.1) is 0 Å². The van der Waals surface area contributed by atoms with E-state index in [-0.39, 0.29) is 0 Å². The second-order valence-corrected chi connectivity index (χ2v) is 9.31. The molecule has 4 rings (SSSR count). The van der Waals surface area contributed by atoms with Gasteiger partial charge in [-0.05, 0) is 79.4 Å². The standard InChI is InChI=1S/C20H33NO.C2H6/c1-4-13-5-7-15-14-6-8-17-20(3,12-10-18(22)21-17)16(14)9-11-19(13,15)2;1-2/h13-17H,4-12H2,1-3H3,(H,21,22);1-2H3/t13-,14?,15?,16?,17?,19-,20-;/m1./s1. The third-order valence-corrected chi connectivity index (χ3v) is 8.78. The number of hydrogen-bond acceptors (Lipinski definition) is 1. The molecule has 24 heavy (non-hydrogen) atoms. The van der Waals surface area contributed by atoms with Crippen LogP contribution in [0.5, 0.6) is 0 Å². The van der Waals surface area contributed by atoms with Gasteiger partial charge in [0, 0.05) is 12.5 Å². The van der Waals surface area contributed by atoms with Gasteiger partial charge in [-0.3, -0.25) is 4.79 Å². The predicted octanol–water partition coefficient (Wildman–Crippen LogP) is 5.56. The van der Waals surface area contributed by atoms with Gasteiger partial charge in [-0.2, -0.15) is 0 Å². The van der Waals surface area contributed by atoms with Crippen LogP contribution in [0.1, 0.15) is 92.4 Å². The van der Waals surface area contributed by atoms with Crippen molar-refractivity contribution in [2.45, 2.75) is 98.4 Å². The molecule has 2 heteroatoms. The molecule has 2 nitrogen and oxygen atoms in total. The van der Waals surface area contributed by atoms with Gasteiger partial charge in [0.25, 0.3) is 0 Å². The monoisotopic (exact) mass is 333 g/mol. The third kappa shape index (κ3) is 2.54. The summed E-state index contributed by atoms with van der Waals surface area (Å²) < 4.78 is 0. The lowest BCUT2D eigenvalue weighted by Gasteiger charge is -2.60. The summed E-state index contributed by atoms with van der Waals surface area (Å²) in [6, 6.07) is 0.461. The molecule has 1 N–H and O–H groups in total. The molecule has 138 valence electrons. The average molecular weight is 334 g/mol. The average Bonchev–Trinajstić information content (AvgIpc) is 2.93. The first-order chi connectivity index (χ1) is 11.5. The van der Waals surface area contributed by atoms with Crippen molar-refractivity contribution in [3.8, 4) is 0 Å². The van der Waals surface area contributed by atoms with E-state index in [1.165, 1.54) is 44.9 Å². The van der Waals surface area contributed by atoms with Crippen molar-refractivity contribution < 1.29 is 4.79 Å². The maximum atomic E-state index is 11.8. The summed E-state index contributed by atoms with van der Waals surface area (Å²) in [7, 11) is 0. The van der Waals surface area contributed by atoms with Gasteiger partial charge in [0.1, 0.15) is 0 Å². The van der Waals surface area contributed by atoms with E-state index in [1.54, 1.807) is 0 Å². The number of carbonyl (C=O) groups excluding carboxylic acids is 1. The van der Waals surface area contributed by atoms with Gasteiger partial charge in [-0.25, -0.2) is 0 Å². The number of rotatable bonds is 1. The summed E-state index contributed by atoms with van der Waals surface area (Å²) in [4.78, 5) is 11.8. The Morgan fingerprint density at radius 1 is 0.958 bits per heavy atom. The van der Waals surface area contributed by atoms with Crippen LogP contribution < -0.4 is 5.32 Å². The zero-order valence-electron chi connectivity index (χ0n) is 16.7. The first-order valence-electron chi connectivity index (χ1n) is 10.8. The molecule has 4 unspecified atom stereocenters. The fraction of sp³-hybridized carbons (Fsp3) is 0.955. The Labute approximate surface area is 149 Å². The highest BCUT2D eigenvalue weighted by Crippen LogP contribution is 2.65. The number of piperidine rings is 1. The normalized spacial score (nSPS) is 49.9. The molecule has 1 amide bonds. The SMILES string of the molecule is CC.CC[C@@H]1CCC2C3CCC4NC(=O)CC[C@]4(C)C3CC[C@@]21C. The number of hydrogen-bond donors (Lipinski definition) is 1. The van der Waals surface area contributed by atoms with Crippen molar-refractivity contribution in [2.75, 3.05) is 0 Å². The van der Waals surface area contributed by atoms with Crippen molar-refractivity contribution in [3.05, 3.63) is 0 Å². The van der Waals surface area contributed by atoms with Crippen LogP contribution in [0, 0.1) is 34.5 Å². The molecule has 7 atom stereocenters. The quantitative estimate of drug-likeness (QED) is 0.668. The zero-order valence-corrected chi connectivity index (χ0v) is 16.7. The lowest BCUT2D eigenvalue weighted by atomic mass is 9.47. The number of fused-ring (bicyclic) bond motifs is 5. The van der Waals surface area contributed by atoms with Gasteiger partial charge >= 0.3 is 0 Å². The van der Waals surface area contributed by atoms with E-state index in [2.05, 4.69) is 26.1 Å². The molecule has 0 radical (unpaired) electrons. The van der Waals surface area contributed by atoms with Crippen LogP contribution in [0.2, 0.25) is 0 Å². The Bertz CT molecular complexity index is 475. The Kier molecular flexibility index (Phi) is 5.06. The fourth-order valence-electron chi connectivity index (χ4n) is 7.48. The molecule has 0 aromatic heterocycles. The van der Waals surface area contributed by atoms with E-state index in [4.69, 9.17) is 0 Å². The molecule has 0 aromatic carbocycles. The summed E-state index contributed by atoms with van der Waals surface area (Å²) in [6.45, 7) is 11.5. The highest BCUT2D eigenvalue weighted by Gasteiger charge is 2.59. The topological polar surface area (TPSA) is 29.1 Å². The van der Waals surface area contributed by atoms with Crippen molar-refractivity contribution in [3.63, 3.8) is 0 Å². The van der Waals surface area contributed by atoms with Crippen molar-refractivity contribution in [1.29, 1.82) is 0 Å². The highest BCUT2D eigenvalue weighted by atomic mass is 16.1. The van der Waals surface area contributed by atoms with Crippen LogP contribution in [0.3, 0.4) is 0 Å². The second-order valence-electron chi connectivity index (χ2n) is 9.31. The van der Waals surface area contributed by atoms with Crippen LogP contribution >= 0.6 is 0 Å². The summed E-state index contributed by atoms with van der Waals surface area (Å²) >= 11 is 0. The van der Waals surface area contributed by atoms with E-state index in [1.807, 2.05) is 13.8 Å². The van der Waals surface area contributed by atoms with Gasteiger partial charge in [0.2, 0.25) is 5.91 Å². The molecule has 0 spiro atoms. The lowest BCUT2D eigenvalue weighted by molar-refractivity contribution is -0.136. The van der Waals surface area contributed by atoms with E-state index in [0.29, 0.717) is 22.8 Å². The van der Waals surface area contributed by atoms with Gasteiger partial charge in [-0.1, -0.05) is 41.0 Å². The summed E-state index contributed by atoms with van der Waals surface area (Å²) in [5.41, 5.74) is 0.999. The molecule has 1 saturated heterocycles. The minimum absolute atomic E-state index is 0.300. The van der Waals surface area contributed by atoms with Crippen molar-refractivity contribution >= 4 is 5.91 Å². The van der Waals surface area contributed by atoms with Gasteiger partial charge < -0.3 is 5.32 Å². The molecular weight excluding hydrogens is 294 g/mol. The lowest BCUT2D eigenvalue weighted by Crippen LogP contribution is -2.61.